The quantitative estimate of drug-likeness (QED) is 0.341. The summed E-state index contributed by atoms with van der Waals surface area (Å²) in [5.74, 6) is 0. The Morgan fingerprint density at radius 3 is 2.50 bits per heavy atom. The van der Waals surface area contributed by atoms with Crippen molar-refractivity contribution in [1.29, 1.82) is 0 Å². The number of phosphoric acid groups is 1. The molecule has 0 aliphatic carbocycles. The molecular formula is C7H16NO7P. The summed E-state index contributed by atoms with van der Waals surface area (Å²) >= 11 is 0. The van der Waals surface area contributed by atoms with Crippen molar-refractivity contribution in [2.24, 2.45) is 0 Å². The van der Waals surface area contributed by atoms with Gasteiger partial charge in [0.1, 0.15) is 0 Å². The Labute approximate surface area is 92.3 Å². The third-order valence-electron chi connectivity index (χ3n) is 2.50. The van der Waals surface area contributed by atoms with Crippen LogP contribution in [0.2, 0.25) is 0 Å². The lowest BCUT2D eigenvalue weighted by Crippen LogP contribution is -2.40. The van der Waals surface area contributed by atoms with Gasteiger partial charge in [0, 0.05) is 13.1 Å². The van der Waals surface area contributed by atoms with Crippen LogP contribution in [-0.4, -0.2) is 74.6 Å². The van der Waals surface area contributed by atoms with Gasteiger partial charge >= 0.3 is 7.82 Å². The summed E-state index contributed by atoms with van der Waals surface area (Å²) in [5, 5.41) is 27.7. The van der Waals surface area contributed by atoms with Crippen LogP contribution in [0.5, 0.6) is 0 Å². The monoisotopic (exact) mass is 257 g/mol. The normalized spacial score (nSPS) is 32.2. The molecule has 0 amide bonds. The largest absolute Gasteiger partial charge is 0.469 e. The van der Waals surface area contributed by atoms with Gasteiger partial charge in [-0.05, 0) is 0 Å². The zero-order valence-corrected chi connectivity index (χ0v) is 9.40. The van der Waals surface area contributed by atoms with E-state index in [1.54, 1.807) is 0 Å². The number of aliphatic hydroxyl groups excluding tert-OH is 3. The Morgan fingerprint density at radius 1 is 1.38 bits per heavy atom. The predicted molar refractivity (Wildman–Crippen MR) is 52.5 cm³/mol. The molecule has 1 aliphatic rings. The SMILES string of the molecule is O=P(O)(O)OCCN1C[C@@H](O)[C@H](O)[C@H]1CO. The van der Waals surface area contributed by atoms with Crippen LogP contribution in [0.3, 0.4) is 0 Å². The summed E-state index contributed by atoms with van der Waals surface area (Å²) in [7, 11) is -4.50. The molecular weight excluding hydrogens is 241 g/mol. The minimum absolute atomic E-state index is 0.116. The van der Waals surface area contributed by atoms with Crippen LogP contribution in [0.15, 0.2) is 0 Å². The van der Waals surface area contributed by atoms with E-state index in [1.165, 1.54) is 4.90 Å². The van der Waals surface area contributed by atoms with Gasteiger partial charge in [-0.1, -0.05) is 0 Å². The van der Waals surface area contributed by atoms with Crippen molar-refractivity contribution in [2.75, 3.05) is 26.3 Å². The zero-order valence-electron chi connectivity index (χ0n) is 8.51. The Morgan fingerprint density at radius 2 is 2.00 bits per heavy atom. The van der Waals surface area contributed by atoms with Crippen LogP contribution in [0, 0.1) is 0 Å². The average Bonchev–Trinajstić information content (AvgIpc) is 2.40. The van der Waals surface area contributed by atoms with Gasteiger partial charge in [-0.2, -0.15) is 0 Å². The van der Waals surface area contributed by atoms with Crippen molar-refractivity contribution >= 4 is 7.82 Å². The van der Waals surface area contributed by atoms with E-state index in [4.69, 9.17) is 14.9 Å². The van der Waals surface area contributed by atoms with Gasteiger partial charge < -0.3 is 25.1 Å². The van der Waals surface area contributed by atoms with Gasteiger partial charge in [0.15, 0.2) is 0 Å². The van der Waals surface area contributed by atoms with Crippen molar-refractivity contribution in [3.8, 4) is 0 Å². The van der Waals surface area contributed by atoms with Crippen molar-refractivity contribution in [2.45, 2.75) is 18.2 Å². The number of aliphatic hydroxyl groups is 3. The number of likely N-dealkylation sites (tertiary alicyclic amines) is 1. The number of rotatable bonds is 5. The van der Waals surface area contributed by atoms with Crippen LogP contribution in [0.1, 0.15) is 0 Å². The lowest BCUT2D eigenvalue weighted by molar-refractivity contribution is 0.0204. The Balaban J connectivity index is 2.40. The number of hydrogen-bond donors (Lipinski definition) is 5. The van der Waals surface area contributed by atoms with Crippen molar-refractivity contribution in [1.82, 2.24) is 4.90 Å². The van der Waals surface area contributed by atoms with Crippen LogP contribution in [0.4, 0.5) is 0 Å². The third kappa shape index (κ3) is 3.76. The highest BCUT2D eigenvalue weighted by Crippen LogP contribution is 2.35. The highest BCUT2D eigenvalue weighted by atomic mass is 31.2. The molecule has 96 valence electrons. The second-order valence-electron chi connectivity index (χ2n) is 3.63. The van der Waals surface area contributed by atoms with Gasteiger partial charge in [0.2, 0.25) is 0 Å². The maximum absolute atomic E-state index is 10.4. The first-order valence-corrected chi connectivity index (χ1v) is 6.29. The highest BCUT2D eigenvalue weighted by molar-refractivity contribution is 7.46. The molecule has 0 unspecified atom stereocenters. The molecule has 0 aromatic heterocycles. The molecule has 0 aromatic rings. The van der Waals surface area contributed by atoms with Gasteiger partial charge in [0.25, 0.3) is 0 Å². The second-order valence-corrected chi connectivity index (χ2v) is 4.87. The van der Waals surface area contributed by atoms with Gasteiger partial charge in [0.05, 0.1) is 31.5 Å². The van der Waals surface area contributed by atoms with E-state index in [1.807, 2.05) is 0 Å². The third-order valence-corrected chi connectivity index (χ3v) is 3.02. The fourth-order valence-electron chi connectivity index (χ4n) is 1.71. The minimum atomic E-state index is -4.50. The fourth-order valence-corrected chi connectivity index (χ4v) is 2.03. The van der Waals surface area contributed by atoms with Crippen molar-refractivity contribution in [3.05, 3.63) is 0 Å². The molecule has 8 nitrogen and oxygen atoms in total. The maximum Gasteiger partial charge on any atom is 0.469 e. The molecule has 1 rings (SSSR count). The lowest BCUT2D eigenvalue weighted by Gasteiger charge is -2.23. The summed E-state index contributed by atoms with van der Waals surface area (Å²) < 4.78 is 14.6. The number of nitrogens with zero attached hydrogens (tertiary/aromatic N) is 1. The van der Waals surface area contributed by atoms with E-state index in [2.05, 4.69) is 4.52 Å². The first-order chi connectivity index (χ1) is 7.35. The summed E-state index contributed by atoms with van der Waals surface area (Å²) in [6.45, 7) is -0.324. The zero-order chi connectivity index (χ0) is 12.3. The molecule has 0 aromatic carbocycles. The number of β-amino-alcohol motifs (C(OH)–C–C–N with tert-alkyl or cyclic N) is 1. The van der Waals surface area contributed by atoms with Crippen LogP contribution < -0.4 is 0 Å². The topological polar surface area (TPSA) is 131 Å². The number of hydrogen-bond acceptors (Lipinski definition) is 6. The summed E-state index contributed by atoms with van der Waals surface area (Å²) in [5.41, 5.74) is 0. The first kappa shape index (κ1) is 14.0. The van der Waals surface area contributed by atoms with Crippen LogP contribution >= 0.6 is 7.82 Å². The standard InChI is InChI=1S/C7H16NO7P/c9-4-5-7(11)6(10)3-8(5)1-2-15-16(12,13)14/h5-7,9-11H,1-4H2,(H2,12,13,14)/t5-,6-,7-/m1/s1. The first-order valence-electron chi connectivity index (χ1n) is 4.76. The van der Waals surface area contributed by atoms with Gasteiger partial charge in [-0.15, -0.1) is 0 Å². The van der Waals surface area contributed by atoms with Crippen LogP contribution in [0.25, 0.3) is 0 Å². The van der Waals surface area contributed by atoms with Gasteiger partial charge in [-0.3, -0.25) is 9.42 Å². The molecule has 0 bridgehead atoms. The Kier molecular flexibility index (Phi) is 4.84. The van der Waals surface area contributed by atoms with E-state index in [0.717, 1.165) is 0 Å². The molecule has 1 aliphatic heterocycles. The second kappa shape index (κ2) is 5.52. The molecule has 0 saturated carbocycles. The molecule has 1 saturated heterocycles. The summed E-state index contributed by atoms with van der Waals surface area (Å²) in [4.78, 5) is 18.4. The molecule has 16 heavy (non-hydrogen) atoms. The molecule has 3 atom stereocenters. The van der Waals surface area contributed by atoms with E-state index in [9.17, 15) is 14.8 Å². The molecule has 1 fully saturated rings. The number of phosphoric ester groups is 1. The summed E-state index contributed by atoms with van der Waals surface area (Å²) in [6.07, 6.45) is -2.02. The highest BCUT2D eigenvalue weighted by Gasteiger charge is 2.39. The van der Waals surface area contributed by atoms with E-state index in [0.29, 0.717) is 0 Å². The minimum Gasteiger partial charge on any atom is -0.395 e. The van der Waals surface area contributed by atoms with Crippen molar-refractivity contribution < 1.29 is 34.2 Å². The molecule has 5 N–H and O–H groups in total. The van der Waals surface area contributed by atoms with E-state index >= 15 is 0 Å². The fraction of sp³-hybridized carbons (Fsp3) is 1.00. The van der Waals surface area contributed by atoms with Crippen molar-refractivity contribution in [3.63, 3.8) is 0 Å². The van der Waals surface area contributed by atoms with Gasteiger partial charge in [-0.25, -0.2) is 4.57 Å². The summed E-state index contributed by atoms with van der Waals surface area (Å²) in [6, 6.07) is -0.629. The van der Waals surface area contributed by atoms with E-state index < -0.39 is 26.1 Å². The predicted octanol–water partition coefficient (Wildman–Crippen LogP) is -2.51. The Bertz CT molecular complexity index is 269. The molecule has 0 radical (unpaired) electrons. The lowest BCUT2D eigenvalue weighted by atomic mass is 10.1. The average molecular weight is 257 g/mol. The van der Waals surface area contributed by atoms with Crippen LogP contribution in [-0.2, 0) is 9.09 Å². The molecule has 0 spiro atoms. The maximum atomic E-state index is 10.4. The molecule has 9 heteroatoms. The molecule has 1 heterocycles. The smallest absolute Gasteiger partial charge is 0.395 e. The van der Waals surface area contributed by atoms with E-state index in [-0.39, 0.29) is 26.3 Å². The Hall–Kier alpha value is -0.0500.